The molecule has 1 aliphatic heterocycles. The van der Waals surface area contributed by atoms with Crippen LogP contribution in [-0.4, -0.2) is 27.3 Å². The first kappa shape index (κ1) is 16.6. The first-order chi connectivity index (χ1) is 11.7. The predicted octanol–water partition coefficient (Wildman–Crippen LogP) is 2.39. The van der Waals surface area contributed by atoms with Crippen LogP contribution in [0.2, 0.25) is 0 Å². The van der Waals surface area contributed by atoms with Gasteiger partial charge >= 0.3 is 0 Å². The molecule has 3 rings (SSSR count). The highest BCUT2D eigenvalue weighted by Crippen LogP contribution is 2.33. The summed E-state index contributed by atoms with van der Waals surface area (Å²) in [6.07, 6.45) is 8.87. The molecular formula is C18H24N4O2. The van der Waals surface area contributed by atoms with Gasteiger partial charge in [-0.15, -0.1) is 0 Å². The van der Waals surface area contributed by atoms with E-state index in [2.05, 4.69) is 15.4 Å². The van der Waals surface area contributed by atoms with E-state index < -0.39 is 0 Å². The number of aryl methyl sites for hydroxylation is 2. The van der Waals surface area contributed by atoms with Gasteiger partial charge in [-0.3, -0.25) is 14.5 Å². The van der Waals surface area contributed by atoms with Gasteiger partial charge < -0.3 is 10.1 Å². The van der Waals surface area contributed by atoms with Gasteiger partial charge in [0.1, 0.15) is 0 Å². The van der Waals surface area contributed by atoms with Crippen molar-refractivity contribution in [1.82, 2.24) is 20.1 Å². The van der Waals surface area contributed by atoms with Crippen LogP contribution >= 0.6 is 0 Å². The molecule has 2 atom stereocenters. The summed E-state index contributed by atoms with van der Waals surface area (Å²) >= 11 is 0. The number of nitrogens with zero attached hydrogens (tertiary/aromatic N) is 3. The molecule has 0 unspecified atom stereocenters. The van der Waals surface area contributed by atoms with Crippen LogP contribution in [0.3, 0.4) is 0 Å². The number of aromatic nitrogens is 3. The lowest BCUT2D eigenvalue weighted by molar-refractivity contribution is -0.134. The average molecular weight is 328 g/mol. The fourth-order valence-corrected chi connectivity index (χ4v) is 3.07. The standard InChI is InChI=1S/C18H24N4O2/c1-3-22-12-15(11-21-22)17-16(5-4-8-24-17)18(23)20-10-14-9-19-7-6-13(14)2/h6-7,9,11-12,16-17H,3-5,8,10H2,1-2H3,(H,20,23)/t16-,17+/m1/s1. The van der Waals surface area contributed by atoms with E-state index in [9.17, 15) is 4.79 Å². The molecule has 128 valence electrons. The normalized spacial score (nSPS) is 20.8. The van der Waals surface area contributed by atoms with Crippen LogP contribution in [0.1, 0.15) is 42.6 Å². The second kappa shape index (κ2) is 7.57. The van der Waals surface area contributed by atoms with Gasteiger partial charge in [-0.2, -0.15) is 5.10 Å². The van der Waals surface area contributed by atoms with Gasteiger partial charge in [0.05, 0.1) is 18.2 Å². The molecule has 1 saturated heterocycles. The molecule has 0 bridgehead atoms. The lowest BCUT2D eigenvalue weighted by Gasteiger charge is -2.30. The summed E-state index contributed by atoms with van der Waals surface area (Å²) in [5, 5.41) is 7.35. The Morgan fingerprint density at radius 3 is 3.08 bits per heavy atom. The van der Waals surface area contributed by atoms with Crippen LogP contribution in [0.5, 0.6) is 0 Å². The van der Waals surface area contributed by atoms with Gasteiger partial charge in [-0.25, -0.2) is 0 Å². The topological polar surface area (TPSA) is 69.0 Å². The zero-order valence-electron chi connectivity index (χ0n) is 14.2. The van der Waals surface area contributed by atoms with Crippen molar-refractivity contribution in [2.75, 3.05) is 6.61 Å². The van der Waals surface area contributed by atoms with Gasteiger partial charge in [0.15, 0.2) is 0 Å². The van der Waals surface area contributed by atoms with Crippen molar-refractivity contribution in [3.05, 3.63) is 47.5 Å². The fraction of sp³-hybridized carbons (Fsp3) is 0.500. The molecule has 0 aromatic carbocycles. The maximum absolute atomic E-state index is 12.7. The van der Waals surface area contributed by atoms with E-state index in [4.69, 9.17) is 4.74 Å². The number of hydrogen-bond acceptors (Lipinski definition) is 4. The second-order valence-electron chi connectivity index (χ2n) is 6.19. The van der Waals surface area contributed by atoms with Crippen molar-refractivity contribution in [3.8, 4) is 0 Å². The van der Waals surface area contributed by atoms with Crippen LogP contribution in [-0.2, 0) is 22.6 Å². The number of rotatable bonds is 5. The fourth-order valence-electron chi connectivity index (χ4n) is 3.07. The third kappa shape index (κ3) is 3.64. The molecule has 0 spiro atoms. The van der Waals surface area contributed by atoms with Crippen LogP contribution in [0.15, 0.2) is 30.9 Å². The Morgan fingerprint density at radius 2 is 2.33 bits per heavy atom. The molecule has 3 heterocycles. The number of hydrogen-bond donors (Lipinski definition) is 1. The molecule has 0 radical (unpaired) electrons. The minimum Gasteiger partial charge on any atom is -0.373 e. The molecule has 2 aromatic heterocycles. The van der Waals surface area contributed by atoms with Gasteiger partial charge in [-0.05, 0) is 43.9 Å². The Hall–Kier alpha value is -2.21. The highest BCUT2D eigenvalue weighted by atomic mass is 16.5. The maximum atomic E-state index is 12.7. The predicted molar refractivity (Wildman–Crippen MR) is 90.1 cm³/mol. The third-order valence-corrected chi connectivity index (χ3v) is 4.57. The Balaban J connectivity index is 1.68. The number of ether oxygens (including phenoxy) is 1. The molecule has 0 aliphatic carbocycles. The molecule has 6 nitrogen and oxygen atoms in total. The van der Waals surface area contributed by atoms with E-state index in [0.717, 1.165) is 36.1 Å². The van der Waals surface area contributed by atoms with Crippen molar-refractivity contribution < 1.29 is 9.53 Å². The van der Waals surface area contributed by atoms with Crippen LogP contribution in [0.25, 0.3) is 0 Å². The van der Waals surface area contributed by atoms with Crippen LogP contribution in [0, 0.1) is 12.8 Å². The SMILES string of the molecule is CCn1cc([C@@H]2OCCC[C@H]2C(=O)NCc2cnccc2C)cn1. The summed E-state index contributed by atoms with van der Waals surface area (Å²) < 4.78 is 7.77. The molecule has 24 heavy (non-hydrogen) atoms. The van der Waals surface area contributed by atoms with E-state index in [1.54, 1.807) is 12.4 Å². The highest BCUT2D eigenvalue weighted by Gasteiger charge is 2.33. The quantitative estimate of drug-likeness (QED) is 0.915. The van der Waals surface area contributed by atoms with Crippen molar-refractivity contribution in [2.24, 2.45) is 5.92 Å². The summed E-state index contributed by atoms with van der Waals surface area (Å²) in [5.41, 5.74) is 3.15. The summed E-state index contributed by atoms with van der Waals surface area (Å²) in [6.45, 7) is 6.06. The molecule has 1 amide bonds. The number of pyridine rings is 1. The van der Waals surface area contributed by atoms with E-state index >= 15 is 0 Å². The Kier molecular flexibility index (Phi) is 5.25. The van der Waals surface area contributed by atoms with Crippen molar-refractivity contribution in [1.29, 1.82) is 0 Å². The summed E-state index contributed by atoms with van der Waals surface area (Å²) in [7, 11) is 0. The van der Waals surface area contributed by atoms with Crippen LogP contribution in [0.4, 0.5) is 0 Å². The van der Waals surface area contributed by atoms with Gasteiger partial charge in [0, 0.05) is 43.9 Å². The summed E-state index contributed by atoms with van der Waals surface area (Å²) in [5.74, 6) is -0.141. The zero-order chi connectivity index (χ0) is 16.9. The Bertz CT molecular complexity index is 698. The second-order valence-corrected chi connectivity index (χ2v) is 6.19. The third-order valence-electron chi connectivity index (χ3n) is 4.57. The highest BCUT2D eigenvalue weighted by molar-refractivity contribution is 5.79. The summed E-state index contributed by atoms with van der Waals surface area (Å²) in [4.78, 5) is 16.8. The number of amides is 1. The van der Waals surface area contributed by atoms with E-state index in [1.807, 2.05) is 37.0 Å². The monoisotopic (exact) mass is 328 g/mol. The smallest absolute Gasteiger partial charge is 0.226 e. The zero-order valence-corrected chi connectivity index (χ0v) is 14.2. The molecule has 6 heteroatoms. The van der Waals surface area contributed by atoms with Crippen molar-refractivity contribution in [2.45, 2.75) is 45.9 Å². The molecule has 1 N–H and O–H groups in total. The number of carbonyl (C=O) groups is 1. The summed E-state index contributed by atoms with van der Waals surface area (Å²) in [6, 6.07) is 1.95. The van der Waals surface area contributed by atoms with E-state index in [0.29, 0.717) is 13.2 Å². The lowest BCUT2D eigenvalue weighted by atomic mass is 9.90. The molecular weight excluding hydrogens is 304 g/mol. The van der Waals surface area contributed by atoms with E-state index in [1.165, 1.54) is 0 Å². The number of nitrogens with one attached hydrogen (secondary N) is 1. The first-order valence-electron chi connectivity index (χ1n) is 8.50. The lowest BCUT2D eigenvalue weighted by Crippen LogP contribution is -2.37. The molecule has 1 fully saturated rings. The largest absolute Gasteiger partial charge is 0.373 e. The Morgan fingerprint density at radius 1 is 1.46 bits per heavy atom. The maximum Gasteiger partial charge on any atom is 0.226 e. The number of carbonyl (C=O) groups excluding carboxylic acids is 1. The minimum atomic E-state index is -0.214. The molecule has 0 saturated carbocycles. The van der Waals surface area contributed by atoms with Crippen molar-refractivity contribution >= 4 is 5.91 Å². The van der Waals surface area contributed by atoms with Crippen molar-refractivity contribution in [3.63, 3.8) is 0 Å². The minimum absolute atomic E-state index is 0.0344. The molecule has 2 aromatic rings. The van der Waals surface area contributed by atoms with Gasteiger partial charge in [-0.1, -0.05) is 0 Å². The van der Waals surface area contributed by atoms with Gasteiger partial charge in [0.2, 0.25) is 5.91 Å². The Labute approximate surface area is 142 Å². The van der Waals surface area contributed by atoms with Crippen LogP contribution < -0.4 is 5.32 Å². The van der Waals surface area contributed by atoms with Gasteiger partial charge in [0.25, 0.3) is 0 Å². The van der Waals surface area contributed by atoms with E-state index in [-0.39, 0.29) is 17.9 Å². The molecule has 1 aliphatic rings. The first-order valence-corrected chi connectivity index (χ1v) is 8.50. The average Bonchev–Trinajstić information content (AvgIpc) is 3.10.